The Morgan fingerprint density at radius 3 is 2.37 bits per heavy atom. The van der Waals surface area contributed by atoms with Crippen LogP contribution < -0.4 is 10.1 Å². The Balaban J connectivity index is 2.09. The molecular formula is C21H19F4NO. The van der Waals surface area contributed by atoms with E-state index in [2.05, 4.69) is 11.9 Å². The Morgan fingerprint density at radius 1 is 1.15 bits per heavy atom. The largest absolute Gasteiger partial charge is 0.487 e. The minimum Gasteiger partial charge on any atom is -0.487 e. The molecule has 0 amide bonds. The van der Waals surface area contributed by atoms with Crippen LogP contribution in [0.3, 0.4) is 0 Å². The molecule has 1 heterocycles. The molecule has 0 spiro atoms. The number of hydrogen-bond acceptors (Lipinski definition) is 2. The summed E-state index contributed by atoms with van der Waals surface area (Å²) in [5.74, 6) is -1.97. The first kappa shape index (κ1) is 19.0. The van der Waals surface area contributed by atoms with Crippen molar-refractivity contribution in [2.75, 3.05) is 6.61 Å². The molecule has 0 saturated carbocycles. The molecule has 1 N–H and O–H groups in total. The number of halogens is 4. The molecule has 0 aromatic heterocycles. The lowest BCUT2D eigenvalue weighted by Gasteiger charge is -2.29. The highest BCUT2D eigenvalue weighted by atomic mass is 19.3. The predicted molar refractivity (Wildman–Crippen MR) is 97.2 cm³/mol. The highest BCUT2D eigenvalue weighted by molar-refractivity contribution is 5.92. The number of allylic oxidation sites excluding steroid dienone is 2. The van der Waals surface area contributed by atoms with E-state index in [1.54, 1.807) is 0 Å². The number of benzene rings is 2. The maximum atomic E-state index is 14.7. The highest BCUT2D eigenvalue weighted by Gasteiger charge is 2.27. The van der Waals surface area contributed by atoms with E-state index in [-0.39, 0.29) is 17.2 Å². The van der Waals surface area contributed by atoms with Crippen LogP contribution in [0, 0.1) is 17.6 Å². The zero-order chi connectivity index (χ0) is 19.6. The number of ether oxygens (including phenoxy) is 1. The minimum atomic E-state index is -2.73. The van der Waals surface area contributed by atoms with Gasteiger partial charge in [0.2, 0.25) is 0 Å². The highest BCUT2D eigenvalue weighted by Crippen LogP contribution is 2.39. The van der Waals surface area contributed by atoms with Gasteiger partial charge >= 0.3 is 0 Å². The van der Waals surface area contributed by atoms with Gasteiger partial charge in [-0.25, -0.2) is 17.6 Å². The minimum absolute atomic E-state index is 0.0868. The average Bonchev–Trinajstić information content (AvgIpc) is 2.63. The van der Waals surface area contributed by atoms with Gasteiger partial charge in [-0.05, 0) is 23.5 Å². The van der Waals surface area contributed by atoms with Gasteiger partial charge in [0.05, 0.1) is 11.3 Å². The van der Waals surface area contributed by atoms with Crippen LogP contribution in [0.4, 0.5) is 17.6 Å². The third-order valence-corrected chi connectivity index (χ3v) is 4.46. The quantitative estimate of drug-likeness (QED) is 0.683. The second-order valence-corrected chi connectivity index (χ2v) is 6.44. The van der Waals surface area contributed by atoms with Gasteiger partial charge in [-0.2, -0.15) is 0 Å². The maximum absolute atomic E-state index is 14.7. The fourth-order valence-corrected chi connectivity index (χ4v) is 3.04. The van der Waals surface area contributed by atoms with Crippen molar-refractivity contribution >= 4 is 11.3 Å². The van der Waals surface area contributed by atoms with Crippen molar-refractivity contribution < 1.29 is 22.3 Å². The molecule has 0 fully saturated rings. The first-order valence-electron chi connectivity index (χ1n) is 8.51. The standard InChI is InChI=1S/C21H19F4NO/c1-12-8-16(14-6-4-3-5-7-14)21(26-13(12)2)20-17(22)9-15(10-18(20)23)27-11-19(24)25/h3-7,9-10,12,19,26H,2,8,11H2,1H3. The molecule has 0 saturated heterocycles. The molecule has 3 rings (SSSR count). The maximum Gasteiger partial charge on any atom is 0.272 e. The SMILES string of the molecule is C=C1NC(c2c(F)cc(OCC(F)F)cc2F)=C(c2ccccc2)CC1C. The summed E-state index contributed by atoms with van der Waals surface area (Å²) in [6.45, 7) is 4.97. The van der Waals surface area contributed by atoms with E-state index in [1.807, 2.05) is 37.3 Å². The zero-order valence-electron chi connectivity index (χ0n) is 14.7. The lowest BCUT2D eigenvalue weighted by Crippen LogP contribution is -2.25. The zero-order valence-corrected chi connectivity index (χ0v) is 14.7. The Morgan fingerprint density at radius 2 is 1.78 bits per heavy atom. The molecule has 6 heteroatoms. The third kappa shape index (κ3) is 4.15. The molecule has 1 unspecified atom stereocenters. The van der Waals surface area contributed by atoms with Crippen LogP contribution in [0.15, 0.2) is 54.7 Å². The molecule has 0 aliphatic carbocycles. The van der Waals surface area contributed by atoms with Crippen LogP contribution in [0.25, 0.3) is 11.3 Å². The Kier molecular flexibility index (Phi) is 5.54. The van der Waals surface area contributed by atoms with Gasteiger partial charge in [0.25, 0.3) is 6.43 Å². The van der Waals surface area contributed by atoms with Crippen molar-refractivity contribution in [1.29, 1.82) is 0 Å². The van der Waals surface area contributed by atoms with E-state index in [0.29, 0.717) is 17.8 Å². The summed E-state index contributed by atoms with van der Waals surface area (Å²) < 4.78 is 58.7. The van der Waals surface area contributed by atoms with Crippen molar-refractivity contribution in [2.45, 2.75) is 19.8 Å². The molecule has 1 atom stereocenters. The molecule has 27 heavy (non-hydrogen) atoms. The van der Waals surface area contributed by atoms with Crippen LogP contribution in [0.2, 0.25) is 0 Å². The van der Waals surface area contributed by atoms with Gasteiger partial charge in [0, 0.05) is 17.8 Å². The number of hydrogen-bond donors (Lipinski definition) is 1. The van der Waals surface area contributed by atoms with Gasteiger partial charge in [-0.1, -0.05) is 43.8 Å². The number of rotatable bonds is 5. The van der Waals surface area contributed by atoms with E-state index >= 15 is 0 Å². The molecule has 0 bridgehead atoms. The first-order chi connectivity index (χ1) is 12.9. The molecule has 1 aliphatic heterocycles. The van der Waals surface area contributed by atoms with Gasteiger partial charge in [-0.3, -0.25) is 0 Å². The average molecular weight is 377 g/mol. The topological polar surface area (TPSA) is 21.3 Å². The van der Waals surface area contributed by atoms with Crippen molar-refractivity contribution in [3.05, 3.63) is 77.5 Å². The fourth-order valence-electron chi connectivity index (χ4n) is 3.04. The number of alkyl halides is 2. The van der Waals surface area contributed by atoms with E-state index < -0.39 is 24.7 Å². The van der Waals surface area contributed by atoms with Crippen molar-refractivity contribution in [2.24, 2.45) is 5.92 Å². The second kappa shape index (κ2) is 7.86. The van der Waals surface area contributed by atoms with Crippen LogP contribution >= 0.6 is 0 Å². The van der Waals surface area contributed by atoms with Gasteiger partial charge in [0.1, 0.15) is 24.0 Å². The summed E-state index contributed by atoms with van der Waals surface area (Å²) in [4.78, 5) is 0. The summed E-state index contributed by atoms with van der Waals surface area (Å²) in [5.41, 5.74) is 2.29. The van der Waals surface area contributed by atoms with E-state index in [1.165, 1.54) is 0 Å². The van der Waals surface area contributed by atoms with Crippen LogP contribution in [-0.4, -0.2) is 13.0 Å². The predicted octanol–water partition coefficient (Wildman–Crippen LogP) is 5.62. The van der Waals surface area contributed by atoms with Crippen LogP contribution in [0.1, 0.15) is 24.5 Å². The van der Waals surface area contributed by atoms with Crippen molar-refractivity contribution in [3.63, 3.8) is 0 Å². The molecular weight excluding hydrogens is 358 g/mol. The lowest BCUT2D eigenvalue weighted by molar-refractivity contribution is 0.0815. The van der Waals surface area contributed by atoms with Crippen molar-refractivity contribution in [1.82, 2.24) is 5.32 Å². The first-order valence-corrected chi connectivity index (χ1v) is 8.51. The molecule has 1 aliphatic rings. The van der Waals surface area contributed by atoms with Gasteiger partial charge in [-0.15, -0.1) is 0 Å². The summed E-state index contributed by atoms with van der Waals surface area (Å²) in [5, 5.41) is 3.03. The summed E-state index contributed by atoms with van der Waals surface area (Å²) in [6.07, 6.45) is -2.17. The number of nitrogens with one attached hydrogen (secondary N) is 1. The van der Waals surface area contributed by atoms with E-state index in [0.717, 1.165) is 23.3 Å². The van der Waals surface area contributed by atoms with Gasteiger partial charge < -0.3 is 10.1 Å². The Bertz CT molecular complexity index is 854. The lowest BCUT2D eigenvalue weighted by atomic mass is 9.86. The normalized spacial score (nSPS) is 17.3. The summed E-state index contributed by atoms with van der Waals surface area (Å²) in [6, 6.07) is 11.1. The second-order valence-electron chi connectivity index (χ2n) is 6.44. The summed E-state index contributed by atoms with van der Waals surface area (Å²) >= 11 is 0. The van der Waals surface area contributed by atoms with E-state index in [9.17, 15) is 17.6 Å². The monoisotopic (exact) mass is 377 g/mol. The van der Waals surface area contributed by atoms with Crippen LogP contribution in [-0.2, 0) is 0 Å². The van der Waals surface area contributed by atoms with Gasteiger partial charge in [0.15, 0.2) is 0 Å². The Hall–Kier alpha value is -2.76. The van der Waals surface area contributed by atoms with Crippen LogP contribution in [0.5, 0.6) is 5.75 Å². The Labute approximate surface area is 155 Å². The molecule has 2 aromatic carbocycles. The molecule has 2 nitrogen and oxygen atoms in total. The smallest absolute Gasteiger partial charge is 0.272 e. The third-order valence-electron chi connectivity index (χ3n) is 4.46. The molecule has 2 aromatic rings. The van der Waals surface area contributed by atoms with E-state index in [4.69, 9.17) is 4.74 Å². The molecule has 142 valence electrons. The molecule has 0 radical (unpaired) electrons. The van der Waals surface area contributed by atoms with Crippen molar-refractivity contribution in [3.8, 4) is 5.75 Å². The summed E-state index contributed by atoms with van der Waals surface area (Å²) in [7, 11) is 0. The fraction of sp³-hybridized carbons (Fsp3) is 0.238.